The smallest absolute Gasteiger partial charge is 0.321 e. The first-order chi connectivity index (χ1) is 16.3. The molecule has 3 heterocycles. The number of hydrogen-bond donors (Lipinski definition) is 1. The molecule has 0 radical (unpaired) electrons. The highest BCUT2D eigenvalue weighted by molar-refractivity contribution is 5.84. The maximum Gasteiger partial charge on any atom is 0.321 e. The Morgan fingerprint density at radius 3 is 2.53 bits per heavy atom. The largest absolute Gasteiger partial charge is 0.378 e. The van der Waals surface area contributed by atoms with Gasteiger partial charge < -0.3 is 15.0 Å². The zero-order chi connectivity index (χ0) is 23.9. The lowest BCUT2D eigenvalue weighted by molar-refractivity contribution is -0.143. The average Bonchev–Trinajstić information content (AvgIpc) is 3.60. The molecule has 1 aliphatic carbocycles. The van der Waals surface area contributed by atoms with Crippen LogP contribution >= 0.6 is 0 Å². The molecule has 8 nitrogen and oxygen atoms in total. The van der Waals surface area contributed by atoms with E-state index >= 15 is 0 Å². The van der Waals surface area contributed by atoms with Gasteiger partial charge in [0.1, 0.15) is 11.9 Å². The van der Waals surface area contributed by atoms with Gasteiger partial charge in [0.05, 0.1) is 31.0 Å². The molecule has 1 aromatic carbocycles. The van der Waals surface area contributed by atoms with E-state index in [-0.39, 0.29) is 0 Å². The van der Waals surface area contributed by atoms with Crippen LogP contribution in [0.15, 0.2) is 36.8 Å². The van der Waals surface area contributed by atoms with Crippen LogP contribution in [-0.2, 0) is 9.53 Å². The summed E-state index contributed by atoms with van der Waals surface area (Å²) in [7, 11) is 0. The minimum absolute atomic E-state index is 0.396. The molecule has 0 spiro atoms. The van der Waals surface area contributed by atoms with Gasteiger partial charge in [-0.3, -0.25) is 9.48 Å². The molecule has 2 atom stereocenters. The van der Waals surface area contributed by atoms with E-state index in [1.54, 1.807) is 30.2 Å². The third-order valence-corrected chi connectivity index (χ3v) is 6.43. The van der Waals surface area contributed by atoms with Gasteiger partial charge in [0.15, 0.2) is 0 Å². The van der Waals surface area contributed by atoms with Crippen molar-refractivity contribution in [2.45, 2.75) is 50.6 Å². The molecule has 3 aromatic rings. The summed E-state index contributed by atoms with van der Waals surface area (Å²) in [6, 6.07) is 4.82. The van der Waals surface area contributed by atoms with Gasteiger partial charge in [0, 0.05) is 55.0 Å². The number of fused-ring (bicyclic) bond motifs is 1. The maximum absolute atomic E-state index is 13.6. The molecule has 1 saturated carbocycles. The van der Waals surface area contributed by atoms with Crippen LogP contribution < -0.4 is 10.2 Å². The summed E-state index contributed by atoms with van der Waals surface area (Å²) in [6.45, 7) is 5.31. The fraction of sp³-hybridized carbons (Fsp3) is 0.500. The van der Waals surface area contributed by atoms with E-state index < -0.39 is 23.9 Å². The van der Waals surface area contributed by atoms with Gasteiger partial charge in [-0.2, -0.15) is 13.9 Å². The lowest BCUT2D eigenvalue weighted by atomic mass is 10.0. The SMILES string of the molecule is C[C@@H](NC(=O)C(C)(F)F)C(c1cnc(C2CC2)nc1)n1ncc2cc(N3CCOCC3)ccc21. The lowest BCUT2D eigenvalue weighted by Gasteiger charge is -2.29. The first-order valence-electron chi connectivity index (χ1n) is 11.6. The van der Waals surface area contributed by atoms with Crippen molar-refractivity contribution < 1.29 is 18.3 Å². The number of anilines is 1. The fourth-order valence-corrected chi connectivity index (χ4v) is 4.39. The summed E-state index contributed by atoms with van der Waals surface area (Å²) in [6.07, 6.45) is 7.35. The Morgan fingerprint density at radius 2 is 1.88 bits per heavy atom. The monoisotopic (exact) mass is 470 g/mol. The Kier molecular flexibility index (Phi) is 5.93. The fourth-order valence-electron chi connectivity index (χ4n) is 4.39. The number of carbonyl (C=O) groups is 1. The Balaban J connectivity index is 1.50. The van der Waals surface area contributed by atoms with Gasteiger partial charge in [-0.1, -0.05) is 0 Å². The third kappa shape index (κ3) is 4.59. The molecule has 34 heavy (non-hydrogen) atoms. The van der Waals surface area contributed by atoms with Gasteiger partial charge in [-0.05, 0) is 38.0 Å². The first kappa shape index (κ1) is 22.6. The average molecular weight is 471 g/mol. The zero-order valence-corrected chi connectivity index (χ0v) is 19.2. The van der Waals surface area contributed by atoms with Crippen LogP contribution in [0.3, 0.4) is 0 Å². The third-order valence-electron chi connectivity index (χ3n) is 6.43. The van der Waals surface area contributed by atoms with Crippen molar-refractivity contribution in [2.75, 3.05) is 31.2 Å². The molecule has 2 aromatic heterocycles. The van der Waals surface area contributed by atoms with Gasteiger partial charge in [-0.15, -0.1) is 0 Å². The molecule has 1 saturated heterocycles. The second-order valence-corrected chi connectivity index (χ2v) is 9.18. The van der Waals surface area contributed by atoms with Crippen LogP contribution in [0.2, 0.25) is 0 Å². The van der Waals surface area contributed by atoms with Crippen LogP contribution in [0.25, 0.3) is 10.9 Å². The number of carbonyl (C=O) groups excluding carboxylic acids is 1. The number of aromatic nitrogens is 4. The molecule has 2 fully saturated rings. The standard InChI is InChI=1S/C24H28F2N6O2/c1-15(30-23(33)24(2,25)26)21(18-12-27-22(28-13-18)16-3-4-16)32-20-6-5-19(11-17(20)14-29-32)31-7-9-34-10-8-31/h5-6,11-16,21H,3-4,7-10H2,1-2H3,(H,30,33)/t15-,21?/m1/s1. The van der Waals surface area contributed by atoms with Gasteiger partial charge in [0.2, 0.25) is 0 Å². The van der Waals surface area contributed by atoms with E-state index in [0.717, 1.165) is 48.3 Å². The van der Waals surface area contributed by atoms with E-state index in [0.29, 0.717) is 31.6 Å². The van der Waals surface area contributed by atoms with Gasteiger partial charge in [-0.25, -0.2) is 9.97 Å². The number of nitrogens with zero attached hydrogens (tertiary/aromatic N) is 5. The van der Waals surface area contributed by atoms with Crippen molar-refractivity contribution in [2.24, 2.45) is 0 Å². The topological polar surface area (TPSA) is 85.2 Å². The van der Waals surface area contributed by atoms with E-state index in [2.05, 4.69) is 31.3 Å². The number of benzene rings is 1. The van der Waals surface area contributed by atoms with Crippen molar-refractivity contribution in [1.29, 1.82) is 0 Å². The number of alkyl halides is 2. The Morgan fingerprint density at radius 1 is 1.18 bits per heavy atom. The predicted molar refractivity (Wildman–Crippen MR) is 123 cm³/mol. The van der Waals surface area contributed by atoms with Crippen molar-refractivity contribution >= 4 is 22.5 Å². The van der Waals surface area contributed by atoms with Crippen LogP contribution in [0.5, 0.6) is 0 Å². The Labute approximate surface area is 196 Å². The summed E-state index contributed by atoms with van der Waals surface area (Å²) in [4.78, 5) is 23.3. The van der Waals surface area contributed by atoms with Crippen LogP contribution in [-0.4, -0.2) is 63.9 Å². The van der Waals surface area contributed by atoms with Gasteiger partial charge in [0.25, 0.3) is 5.91 Å². The number of nitrogens with one attached hydrogen (secondary N) is 1. The summed E-state index contributed by atoms with van der Waals surface area (Å²) < 4.78 is 34.5. The molecule has 5 rings (SSSR count). The number of halogens is 2. The molecule has 10 heteroatoms. The normalized spacial score (nSPS) is 18.6. The van der Waals surface area contributed by atoms with E-state index in [1.807, 2.05) is 12.1 Å². The highest BCUT2D eigenvalue weighted by Gasteiger charge is 2.36. The van der Waals surface area contributed by atoms with E-state index in [9.17, 15) is 13.6 Å². The minimum atomic E-state index is -3.48. The second kappa shape index (κ2) is 8.90. The van der Waals surface area contributed by atoms with Crippen LogP contribution in [0.4, 0.5) is 14.5 Å². The number of rotatable bonds is 7. The highest BCUT2D eigenvalue weighted by atomic mass is 19.3. The predicted octanol–water partition coefficient (Wildman–Crippen LogP) is 3.29. The molecule has 1 unspecified atom stereocenters. The van der Waals surface area contributed by atoms with E-state index in [4.69, 9.17) is 4.74 Å². The second-order valence-electron chi connectivity index (χ2n) is 9.18. The molecule has 1 aliphatic heterocycles. The van der Waals surface area contributed by atoms with Crippen LogP contribution in [0.1, 0.15) is 50.0 Å². The summed E-state index contributed by atoms with van der Waals surface area (Å²) in [5.41, 5.74) is 2.60. The van der Waals surface area contributed by atoms with Crippen molar-refractivity contribution in [3.8, 4) is 0 Å². The quantitative estimate of drug-likeness (QED) is 0.571. The molecular weight excluding hydrogens is 442 g/mol. The zero-order valence-electron chi connectivity index (χ0n) is 19.2. The number of amides is 1. The number of hydrogen-bond acceptors (Lipinski definition) is 6. The highest BCUT2D eigenvalue weighted by Crippen LogP contribution is 2.38. The molecule has 2 aliphatic rings. The Hall–Kier alpha value is -3.14. The summed E-state index contributed by atoms with van der Waals surface area (Å²) >= 11 is 0. The summed E-state index contributed by atoms with van der Waals surface area (Å²) in [5.74, 6) is -3.62. The van der Waals surface area contributed by atoms with Crippen molar-refractivity contribution in [1.82, 2.24) is 25.1 Å². The minimum Gasteiger partial charge on any atom is -0.378 e. The molecule has 180 valence electrons. The molecule has 1 amide bonds. The molecule has 1 N–H and O–H groups in total. The van der Waals surface area contributed by atoms with Crippen molar-refractivity contribution in [3.05, 3.63) is 48.2 Å². The number of morpholine rings is 1. The van der Waals surface area contributed by atoms with Crippen LogP contribution in [0, 0.1) is 0 Å². The summed E-state index contributed by atoms with van der Waals surface area (Å²) in [5, 5.41) is 7.97. The molecule has 0 bridgehead atoms. The van der Waals surface area contributed by atoms with Gasteiger partial charge >= 0.3 is 5.92 Å². The lowest BCUT2D eigenvalue weighted by Crippen LogP contribution is -2.46. The Bertz CT molecular complexity index is 1170. The number of ether oxygens (including phenoxy) is 1. The van der Waals surface area contributed by atoms with E-state index in [1.165, 1.54) is 0 Å². The maximum atomic E-state index is 13.6. The van der Waals surface area contributed by atoms with Crippen molar-refractivity contribution in [3.63, 3.8) is 0 Å². The first-order valence-corrected chi connectivity index (χ1v) is 11.6. The molecular formula is C24H28F2N6O2.